The number of aryl methyl sites for hydroxylation is 2. The Bertz CT molecular complexity index is 956. The fourth-order valence-corrected chi connectivity index (χ4v) is 3.46. The SMILES string of the molecule is Cc1cc(C)n(CC2CN(c3c([N+](=O)[O-])cc(C(F)(F)F)cc3[N+](=O)[O-])CCO2)n1. The van der Waals surface area contributed by atoms with Gasteiger partial charge in [0, 0.05) is 30.9 Å². The first-order chi connectivity index (χ1) is 14.0. The van der Waals surface area contributed by atoms with Crippen LogP contribution in [-0.2, 0) is 17.5 Å². The van der Waals surface area contributed by atoms with Gasteiger partial charge in [0.25, 0.3) is 11.4 Å². The Morgan fingerprint density at radius 3 is 2.23 bits per heavy atom. The van der Waals surface area contributed by atoms with Gasteiger partial charge in [-0.1, -0.05) is 0 Å². The van der Waals surface area contributed by atoms with Crippen LogP contribution >= 0.6 is 0 Å². The molecule has 13 heteroatoms. The summed E-state index contributed by atoms with van der Waals surface area (Å²) in [7, 11) is 0. The van der Waals surface area contributed by atoms with Gasteiger partial charge in [-0.05, 0) is 19.9 Å². The predicted octanol–water partition coefficient (Wildman–Crippen LogP) is 3.24. The van der Waals surface area contributed by atoms with Crippen molar-refractivity contribution in [3.63, 3.8) is 0 Å². The third-order valence-corrected chi connectivity index (χ3v) is 4.73. The summed E-state index contributed by atoms with van der Waals surface area (Å²) >= 11 is 0. The molecular weight excluding hydrogens is 411 g/mol. The standard InChI is InChI=1S/C17H18F3N5O5/c1-10-5-11(2)23(21-10)9-13-8-22(3-4-30-13)16-14(24(26)27)6-12(17(18,19)20)7-15(16)25(28)29/h5-7,13H,3-4,8-9H2,1-2H3. The molecule has 1 aromatic heterocycles. The van der Waals surface area contributed by atoms with Gasteiger partial charge in [-0.2, -0.15) is 18.3 Å². The van der Waals surface area contributed by atoms with Crippen molar-refractivity contribution in [2.75, 3.05) is 24.6 Å². The number of rotatable bonds is 5. The van der Waals surface area contributed by atoms with Gasteiger partial charge in [0.15, 0.2) is 5.69 Å². The van der Waals surface area contributed by atoms with Crippen LogP contribution in [0, 0.1) is 34.1 Å². The first kappa shape index (κ1) is 21.5. The predicted molar refractivity (Wildman–Crippen MR) is 98.4 cm³/mol. The highest BCUT2D eigenvalue weighted by Gasteiger charge is 2.40. The van der Waals surface area contributed by atoms with Crippen molar-refractivity contribution in [3.8, 4) is 0 Å². The van der Waals surface area contributed by atoms with E-state index >= 15 is 0 Å². The molecule has 0 radical (unpaired) electrons. The molecule has 0 N–H and O–H groups in total. The van der Waals surface area contributed by atoms with Gasteiger partial charge >= 0.3 is 6.18 Å². The molecule has 0 spiro atoms. The lowest BCUT2D eigenvalue weighted by molar-refractivity contribution is -0.393. The van der Waals surface area contributed by atoms with Crippen LogP contribution < -0.4 is 4.90 Å². The molecule has 2 heterocycles. The molecule has 0 amide bonds. The smallest absolute Gasteiger partial charge is 0.373 e. The maximum absolute atomic E-state index is 13.1. The average molecular weight is 429 g/mol. The number of ether oxygens (including phenoxy) is 1. The molecule has 0 saturated carbocycles. The minimum absolute atomic E-state index is 0.0192. The molecule has 2 aromatic rings. The number of halogens is 3. The molecule has 1 unspecified atom stereocenters. The zero-order chi connectivity index (χ0) is 22.2. The largest absolute Gasteiger partial charge is 0.416 e. The highest BCUT2D eigenvalue weighted by Crippen LogP contribution is 2.43. The van der Waals surface area contributed by atoms with Crippen molar-refractivity contribution in [3.05, 3.63) is 55.4 Å². The number of aromatic nitrogens is 2. The minimum atomic E-state index is -4.96. The van der Waals surface area contributed by atoms with Crippen molar-refractivity contribution in [1.82, 2.24) is 9.78 Å². The molecular formula is C17H18F3N5O5. The zero-order valence-electron chi connectivity index (χ0n) is 16.0. The normalized spacial score (nSPS) is 17.2. The van der Waals surface area contributed by atoms with E-state index in [0.717, 1.165) is 11.4 Å². The molecule has 0 bridgehead atoms. The lowest BCUT2D eigenvalue weighted by Gasteiger charge is -2.34. The van der Waals surface area contributed by atoms with E-state index < -0.39 is 44.8 Å². The van der Waals surface area contributed by atoms with E-state index in [4.69, 9.17) is 4.74 Å². The topological polar surface area (TPSA) is 117 Å². The third-order valence-electron chi connectivity index (χ3n) is 4.73. The van der Waals surface area contributed by atoms with Crippen LogP contribution in [0.2, 0.25) is 0 Å². The number of nitro benzene ring substituents is 2. The maximum Gasteiger partial charge on any atom is 0.416 e. The first-order valence-electron chi connectivity index (χ1n) is 8.89. The number of hydrogen-bond acceptors (Lipinski definition) is 7. The maximum atomic E-state index is 13.1. The molecule has 3 rings (SSSR count). The molecule has 1 atom stereocenters. The number of benzene rings is 1. The Morgan fingerprint density at radius 1 is 1.17 bits per heavy atom. The highest BCUT2D eigenvalue weighted by molar-refractivity contribution is 5.76. The van der Waals surface area contributed by atoms with Crippen LogP contribution in [0.5, 0.6) is 0 Å². The van der Waals surface area contributed by atoms with Crippen molar-refractivity contribution < 1.29 is 27.8 Å². The van der Waals surface area contributed by atoms with E-state index in [1.54, 1.807) is 4.68 Å². The molecule has 1 aromatic carbocycles. The third kappa shape index (κ3) is 4.35. The summed E-state index contributed by atoms with van der Waals surface area (Å²) in [6.45, 7) is 4.11. The highest BCUT2D eigenvalue weighted by atomic mass is 19.4. The van der Waals surface area contributed by atoms with Crippen LogP contribution in [0.4, 0.5) is 30.2 Å². The number of nitrogens with zero attached hydrogens (tertiary/aromatic N) is 5. The van der Waals surface area contributed by atoms with Crippen molar-refractivity contribution >= 4 is 17.1 Å². The second-order valence-electron chi connectivity index (χ2n) is 6.92. The quantitative estimate of drug-likeness (QED) is 0.529. The van der Waals surface area contributed by atoms with E-state index in [1.165, 1.54) is 4.90 Å². The summed E-state index contributed by atoms with van der Waals surface area (Å²) in [6.07, 6.45) is -5.48. The molecule has 162 valence electrons. The Balaban J connectivity index is 1.99. The van der Waals surface area contributed by atoms with Crippen LogP contribution in [0.1, 0.15) is 17.0 Å². The van der Waals surface area contributed by atoms with Crippen molar-refractivity contribution in [2.45, 2.75) is 32.7 Å². The fourth-order valence-electron chi connectivity index (χ4n) is 3.46. The van der Waals surface area contributed by atoms with Gasteiger partial charge in [0.2, 0.25) is 0 Å². The molecule has 1 aliphatic rings. The monoisotopic (exact) mass is 429 g/mol. The first-order valence-corrected chi connectivity index (χ1v) is 8.89. The van der Waals surface area contributed by atoms with Crippen molar-refractivity contribution in [2.24, 2.45) is 0 Å². The van der Waals surface area contributed by atoms with E-state index in [-0.39, 0.29) is 19.7 Å². The second kappa shape index (κ2) is 7.89. The van der Waals surface area contributed by atoms with Gasteiger partial charge in [-0.3, -0.25) is 24.9 Å². The summed E-state index contributed by atoms with van der Waals surface area (Å²) in [5.41, 5.74) is -2.20. The summed E-state index contributed by atoms with van der Waals surface area (Å²) < 4.78 is 46.6. The Hall–Kier alpha value is -3.22. The van der Waals surface area contributed by atoms with E-state index in [9.17, 15) is 33.4 Å². The number of anilines is 1. The Kier molecular flexibility index (Phi) is 5.65. The molecule has 1 saturated heterocycles. The van der Waals surface area contributed by atoms with Gasteiger partial charge in [-0.15, -0.1) is 0 Å². The van der Waals surface area contributed by atoms with Crippen LogP contribution in [-0.4, -0.2) is 45.4 Å². The van der Waals surface area contributed by atoms with Gasteiger partial charge < -0.3 is 9.64 Å². The number of alkyl halides is 3. The van der Waals surface area contributed by atoms with Crippen molar-refractivity contribution in [1.29, 1.82) is 0 Å². The average Bonchev–Trinajstić information content (AvgIpc) is 2.96. The number of hydrogen-bond donors (Lipinski definition) is 0. The summed E-state index contributed by atoms with van der Waals surface area (Å²) in [5, 5.41) is 27.3. The lowest BCUT2D eigenvalue weighted by Crippen LogP contribution is -2.45. The summed E-state index contributed by atoms with van der Waals surface area (Å²) in [6, 6.07) is 2.51. The summed E-state index contributed by atoms with van der Waals surface area (Å²) in [5.74, 6) is 0. The Labute approximate surface area is 168 Å². The second-order valence-corrected chi connectivity index (χ2v) is 6.92. The van der Waals surface area contributed by atoms with Gasteiger partial charge in [0.1, 0.15) is 0 Å². The molecule has 30 heavy (non-hydrogen) atoms. The number of morpholine rings is 1. The summed E-state index contributed by atoms with van der Waals surface area (Å²) in [4.78, 5) is 22.2. The number of nitro groups is 2. The zero-order valence-corrected chi connectivity index (χ0v) is 16.0. The van der Waals surface area contributed by atoms with Crippen LogP contribution in [0.25, 0.3) is 0 Å². The molecule has 1 fully saturated rings. The molecule has 10 nitrogen and oxygen atoms in total. The van der Waals surface area contributed by atoms with E-state index in [0.29, 0.717) is 18.7 Å². The minimum Gasteiger partial charge on any atom is -0.373 e. The van der Waals surface area contributed by atoms with Crippen LogP contribution in [0.15, 0.2) is 18.2 Å². The van der Waals surface area contributed by atoms with Gasteiger partial charge in [0.05, 0.1) is 40.4 Å². The Morgan fingerprint density at radius 2 is 1.77 bits per heavy atom. The van der Waals surface area contributed by atoms with E-state index in [1.807, 2.05) is 19.9 Å². The fraction of sp³-hybridized carbons (Fsp3) is 0.471. The van der Waals surface area contributed by atoms with E-state index in [2.05, 4.69) is 5.10 Å². The molecule has 1 aliphatic heterocycles. The van der Waals surface area contributed by atoms with Gasteiger partial charge in [-0.25, -0.2) is 0 Å². The van der Waals surface area contributed by atoms with Crippen LogP contribution in [0.3, 0.4) is 0 Å². The molecule has 0 aliphatic carbocycles. The lowest BCUT2D eigenvalue weighted by atomic mass is 10.1.